The lowest BCUT2D eigenvalue weighted by molar-refractivity contribution is -0.898. The van der Waals surface area contributed by atoms with Gasteiger partial charge in [-0.1, -0.05) is 18.2 Å². The second-order valence-electron chi connectivity index (χ2n) is 6.75. The number of ketones is 1. The average Bonchev–Trinajstić information content (AvgIpc) is 2.67. The molecule has 0 saturated carbocycles. The Hall–Kier alpha value is -2.38. The number of anilines is 1. The topological polar surface area (TPSA) is 68.1 Å². The summed E-state index contributed by atoms with van der Waals surface area (Å²) >= 11 is 0. The fourth-order valence-electron chi connectivity index (χ4n) is 3.17. The molecular weight excluding hydrogens is 364 g/mol. The van der Waals surface area contributed by atoms with Gasteiger partial charge >= 0.3 is 10.1 Å². The van der Waals surface area contributed by atoms with Gasteiger partial charge in [-0.25, -0.2) is 0 Å². The maximum atomic E-state index is 12.1. The number of rotatable bonds is 7. The van der Waals surface area contributed by atoms with Crippen molar-refractivity contribution in [1.82, 2.24) is 0 Å². The fraction of sp³-hybridized carbons (Fsp3) is 0.350. The molecule has 1 aliphatic heterocycles. The highest BCUT2D eigenvalue weighted by molar-refractivity contribution is 7.87. The minimum absolute atomic E-state index is 0.00450. The predicted octanol–water partition coefficient (Wildman–Crippen LogP) is 1.00. The summed E-state index contributed by atoms with van der Waals surface area (Å²) in [7, 11) is -3.58. The van der Waals surface area contributed by atoms with Crippen molar-refractivity contribution in [2.24, 2.45) is 0 Å². The summed E-state index contributed by atoms with van der Waals surface area (Å²) < 4.78 is 29.4. The van der Waals surface area contributed by atoms with Crippen LogP contribution in [0, 0.1) is 0 Å². The van der Waals surface area contributed by atoms with Crippen molar-refractivity contribution < 1.29 is 22.3 Å². The van der Waals surface area contributed by atoms with E-state index in [2.05, 4.69) is 4.90 Å². The smallest absolute Gasteiger partial charge is 0.314 e. The highest BCUT2D eigenvalue weighted by Crippen LogP contribution is 2.15. The first-order chi connectivity index (χ1) is 12.9. The molecule has 0 atom stereocenters. The number of Topliss-reactive ketones (excluding diaryl/α,β-unsaturated/α-hetero) is 1. The molecule has 0 radical (unpaired) electrons. The minimum atomic E-state index is -3.58. The minimum Gasteiger partial charge on any atom is -0.382 e. The van der Waals surface area contributed by atoms with Gasteiger partial charge in [-0.3, -0.25) is 4.79 Å². The van der Waals surface area contributed by atoms with Crippen LogP contribution in [0.1, 0.15) is 17.3 Å². The van der Waals surface area contributed by atoms with Crippen LogP contribution < -0.4 is 14.0 Å². The highest BCUT2D eigenvalue weighted by Gasteiger charge is 2.23. The number of hydrogen-bond donors (Lipinski definition) is 1. The third-order valence-corrected chi connectivity index (χ3v) is 5.93. The fourth-order valence-corrected chi connectivity index (χ4v) is 4.20. The van der Waals surface area contributed by atoms with Crippen LogP contribution in [-0.2, 0) is 10.1 Å². The van der Waals surface area contributed by atoms with Crippen molar-refractivity contribution in [3.05, 3.63) is 60.2 Å². The van der Waals surface area contributed by atoms with E-state index in [-0.39, 0.29) is 11.5 Å². The maximum Gasteiger partial charge on any atom is 0.314 e. The van der Waals surface area contributed by atoms with Crippen molar-refractivity contribution in [1.29, 1.82) is 0 Å². The van der Waals surface area contributed by atoms with E-state index in [1.54, 1.807) is 31.2 Å². The molecule has 2 aromatic rings. The van der Waals surface area contributed by atoms with Gasteiger partial charge < -0.3 is 14.0 Å². The molecule has 7 heteroatoms. The molecule has 0 spiro atoms. The van der Waals surface area contributed by atoms with Crippen LogP contribution >= 0.6 is 0 Å². The van der Waals surface area contributed by atoms with Crippen LogP contribution in [0.25, 0.3) is 0 Å². The van der Waals surface area contributed by atoms with Crippen molar-refractivity contribution in [2.75, 3.05) is 43.4 Å². The normalized spacial score (nSPS) is 15.5. The first kappa shape index (κ1) is 19.4. The van der Waals surface area contributed by atoms with Crippen LogP contribution in [0.3, 0.4) is 0 Å². The molecule has 3 rings (SSSR count). The van der Waals surface area contributed by atoms with Gasteiger partial charge in [0.1, 0.15) is 11.5 Å². The van der Waals surface area contributed by atoms with Gasteiger partial charge in [0, 0.05) is 11.3 Å². The van der Waals surface area contributed by atoms with Crippen LogP contribution in [0.2, 0.25) is 0 Å². The Bertz CT molecular complexity index is 859. The number of piperazine rings is 1. The number of para-hydroxylation sites is 1. The van der Waals surface area contributed by atoms with Crippen LogP contribution in [0.5, 0.6) is 5.75 Å². The summed E-state index contributed by atoms with van der Waals surface area (Å²) in [5.41, 5.74) is 1.81. The van der Waals surface area contributed by atoms with Crippen molar-refractivity contribution >= 4 is 21.6 Å². The standard InChI is InChI=1S/C20H24N2O4S/c1-17(23)18-7-9-19(10-8-18)22-13-11-21(12-14-22)15-16-27(24,25)26-20-5-3-2-4-6-20/h2-10H,11-16H2,1H3/p+1. The Morgan fingerprint density at radius 1 is 1.04 bits per heavy atom. The van der Waals surface area contributed by atoms with Gasteiger partial charge in [0.25, 0.3) is 0 Å². The molecule has 0 amide bonds. The second kappa shape index (κ2) is 8.54. The van der Waals surface area contributed by atoms with E-state index in [1.165, 1.54) is 4.90 Å². The Kier molecular flexibility index (Phi) is 6.13. The summed E-state index contributed by atoms with van der Waals surface area (Å²) in [6.07, 6.45) is 0. The molecule has 0 unspecified atom stereocenters. The lowest BCUT2D eigenvalue weighted by Gasteiger charge is -2.33. The van der Waals surface area contributed by atoms with Crippen LogP contribution in [-0.4, -0.2) is 52.7 Å². The second-order valence-corrected chi connectivity index (χ2v) is 8.44. The lowest BCUT2D eigenvalue weighted by Crippen LogP contribution is -3.15. The number of hydrogen-bond acceptors (Lipinski definition) is 5. The molecule has 1 saturated heterocycles. The van der Waals surface area contributed by atoms with Gasteiger partial charge in [-0.15, -0.1) is 0 Å². The first-order valence-electron chi connectivity index (χ1n) is 9.10. The molecule has 0 bridgehead atoms. The summed E-state index contributed by atoms with van der Waals surface area (Å²) in [5.74, 6) is 0.422. The molecular formula is C20H25N2O4S+. The quantitative estimate of drug-likeness (QED) is 0.565. The zero-order chi connectivity index (χ0) is 19.3. The summed E-state index contributed by atoms with van der Waals surface area (Å²) in [5, 5.41) is 0. The van der Waals surface area contributed by atoms with Gasteiger partial charge in [0.05, 0.1) is 32.7 Å². The van der Waals surface area contributed by atoms with E-state index in [0.717, 1.165) is 31.9 Å². The highest BCUT2D eigenvalue weighted by atomic mass is 32.2. The molecule has 6 nitrogen and oxygen atoms in total. The Morgan fingerprint density at radius 2 is 1.67 bits per heavy atom. The van der Waals surface area contributed by atoms with Crippen LogP contribution in [0.4, 0.5) is 5.69 Å². The number of carbonyl (C=O) groups is 1. The molecule has 0 aliphatic carbocycles. The van der Waals surface area contributed by atoms with Gasteiger partial charge in [-0.2, -0.15) is 8.42 Å². The zero-order valence-electron chi connectivity index (χ0n) is 15.4. The number of quaternary nitrogens is 1. The van der Waals surface area contributed by atoms with Crippen molar-refractivity contribution in [3.63, 3.8) is 0 Å². The van der Waals surface area contributed by atoms with E-state index in [9.17, 15) is 13.2 Å². The largest absolute Gasteiger partial charge is 0.382 e. The molecule has 27 heavy (non-hydrogen) atoms. The SMILES string of the molecule is CC(=O)c1ccc(N2CC[NH+](CCS(=O)(=O)Oc3ccccc3)CC2)cc1. The van der Waals surface area contributed by atoms with Gasteiger partial charge in [-0.05, 0) is 43.3 Å². The predicted molar refractivity (Wildman–Crippen MR) is 105 cm³/mol. The molecule has 2 aromatic carbocycles. The van der Waals surface area contributed by atoms with E-state index in [1.807, 2.05) is 30.3 Å². The number of nitrogens with zero attached hydrogens (tertiary/aromatic N) is 1. The zero-order valence-corrected chi connectivity index (χ0v) is 16.2. The van der Waals surface area contributed by atoms with E-state index in [0.29, 0.717) is 17.9 Å². The molecule has 144 valence electrons. The van der Waals surface area contributed by atoms with Gasteiger partial charge in [0.15, 0.2) is 5.78 Å². The Balaban J connectivity index is 1.47. The molecule has 0 aromatic heterocycles. The lowest BCUT2D eigenvalue weighted by atomic mass is 10.1. The van der Waals surface area contributed by atoms with E-state index in [4.69, 9.17) is 4.18 Å². The molecule has 1 heterocycles. The van der Waals surface area contributed by atoms with E-state index >= 15 is 0 Å². The van der Waals surface area contributed by atoms with Crippen LogP contribution in [0.15, 0.2) is 54.6 Å². The number of carbonyl (C=O) groups excluding carboxylic acids is 1. The number of nitrogens with one attached hydrogen (secondary N) is 1. The van der Waals surface area contributed by atoms with Crippen molar-refractivity contribution in [3.8, 4) is 5.75 Å². The van der Waals surface area contributed by atoms with E-state index < -0.39 is 10.1 Å². The summed E-state index contributed by atoms with van der Waals surface area (Å²) in [6, 6.07) is 16.2. The average molecular weight is 389 g/mol. The molecule has 1 N–H and O–H groups in total. The summed E-state index contributed by atoms with van der Waals surface area (Å²) in [4.78, 5) is 14.9. The third-order valence-electron chi connectivity index (χ3n) is 4.78. The van der Waals surface area contributed by atoms with Crippen molar-refractivity contribution in [2.45, 2.75) is 6.92 Å². The monoisotopic (exact) mass is 389 g/mol. The Labute approximate surface area is 160 Å². The Morgan fingerprint density at radius 3 is 2.26 bits per heavy atom. The first-order valence-corrected chi connectivity index (χ1v) is 10.7. The molecule has 1 aliphatic rings. The maximum absolute atomic E-state index is 12.1. The van der Waals surface area contributed by atoms with Gasteiger partial charge in [0.2, 0.25) is 0 Å². The number of benzene rings is 2. The molecule has 1 fully saturated rings. The summed E-state index contributed by atoms with van der Waals surface area (Å²) in [6.45, 7) is 5.55. The third kappa shape index (κ3) is 5.55.